The molecule has 0 N–H and O–H groups in total. The van der Waals surface area contributed by atoms with Crippen LogP contribution in [0, 0.1) is 13.8 Å². The Bertz CT molecular complexity index is 1190. The van der Waals surface area contributed by atoms with Crippen molar-refractivity contribution in [2.24, 2.45) is 7.05 Å². The van der Waals surface area contributed by atoms with Gasteiger partial charge in [-0.1, -0.05) is 23.9 Å². The minimum Gasteiger partial charge on any atom is -0.331 e. The highest BCUT2D eigenvalue weighted by atomic mass is 32.2. The molecule has 1 aromatic carbocycles. The number of benzene rings is 1. The van der Waals surface area contributed by atoms with Gasteiger partial charge in [-0.3, -0.25) is 0 Å². The van der Waals surface area contributed by atoms with E-state index < -0.39 is 0 Å². The second-order valence-electron chi connectivity index (χ2n) is 7.22. The van der Waals surface area contributed by atoms with E-state index in [4.69, 9.17) is 9.97 Å². The van der Waals surface area contributed by atoms with Crippen LogP contribution in [-0.2, 0) is 7.05 Å². The number of imidazole rings is 1. The summed E-state index contributed by atoms with van der Waals surface area (Å²) in [5.74, 6) is 4.22. The van der Waals surface area contributed by atoms with E-state index in [2.05, 4.69) is 44.9 Å². The molecule has 4 aromatic rings. The molecule has 0 spiro atoms. The first kappa shape index (κ1) is 17.4. The normalized spacial score (nSPS) is 18.7. The Morgan fingerprint density at radius 1 is 1.04 bits per heavy atom. The van der Waals surface area contributed by atoms with Gasteiger partial charge in [-0.2, -0.15) is 4.68 Å². The average molecular weight is 392 g/mol. The standard InChI is InChI=1S/C20H21N7S/c1-11-21-12(2)27(25-11)18-10-16(23-20(24-18)28-4)13-9-14(13)19-22-15-7-5-6-8-17(15)26(19)3/h5-8,10,13-14H,9H2,1-4H3/t13?,14-/m0/s1. The summed E-state index contributed by atoms with van der Waals surface area (Å²) in [5, 5.41) is 5.25. The number of thioether (sulfide) groups is 1. The van der Waals surface area contributed by atoms with Crippen molar-refractivity contribution in [1.82, 2.24) is 34.3 Å². The summed E-state index contributed by atoms with van der Waals surface area (Å²) >= 11 is 1.55. The van der Waals surface area contributed by atoms with Gasteiger partial charge in [-0.25, -0.2) is 19.9 Å². The number of hydrogen-bond donors (Lipinski definition) is 0. The third kappa shape index (κ3) is 2.79. The van der Waals surface area contributed by atoms with Crippen molar-refractivity contribution in [3.63, 3.8) is 0 Å². The Kier molecular flexibility index (Phi) is 3.97. The molecule has 1 unspecified atom stereocenters. The maximum atomic E-state index is 4.88. The van der Waals surface area contributed by atoms with E-state index in [1.165, 1.54) is 5.52 Å². The maximum absolute atomic E-state index is 4.88. The van der Waals surface area contributed by atoms with E-state index in [1.807, 2.05) is 32.2 Å². The van der Waals surface area contributed by atoms with Crippen LogP contribution in [-0.4, -0.2) is 40.5 Å². The van der Waals surface area contributed by atoms with E-state index in [0.29, 0.717) is 11.8 Å². The number of para-hydroxylation sites is 2. The number of nitrogens with zero attached hydrogens (tertiary/aromatic N) is 7. The molecule has 0 saturated heterocycles. The van der Waals surface area contributed by atoms with E-state index in [0.717, 1.165) is 46.1 Å². The van der Waals surface area contributed by atoms with E-state index in [9.17, 15) is 0 Å². The van der Waals surface area contributed by atoms with E-state index >= 15 is 0 Å². The molecule has 0 radical (unpaired) electrons. The Morgan fingerprint density at radius 2 is 1.86 bits per heavy atom. The first-order chi connectivity index (χ1) is 13.5. The summed E-state index contributed by atoms with van der Waals surface area (Å²) in [6, 6.07) is 10.3. The summed E-state index contributed by atoms with van der Waals surface area (Å²) in [6.45, 7) is 3.84. The van der Waals surface area contributed by atoms with Crippen molar-refractivity contribution >= 4 is 22.8 Å². The third-order valence-electron chi connectivity index (χ3n) is 5.31. The van der Waals surface area contributed by atoms with Crippen molar-refractivity contribution < 1.29 is 0 Å². The third-order valence-corrected chi connectivity index (χ3v) is 5.86. The van der Waals surface area contributed by atoms with Gasteiger partial charge in [0.05, 0.1) is 16.7 Å². The quantitative estimate of drug-likeness (QED) is 0.391. The zero-order chi connectivity index (χ0) is 19.4. The molecular weight excluding hydrogens is 370 g/mol. The van der Waals surface area contributed by atoms with Gasteiger partial charge in [-0.15, -0.1) is 5.10 Å². The van der Waals surface area contributed by atoms with Crippen LogP contribution in [0.15, 0.2) is 35.5 Å². The molecule has 3 heterocycles. The summed E-state index contributed by atoms with van der Waals surface area (Å²) in [7, 11) is 2.10. The molecule has 2 atom stereocenters. The highest BCUT2D eigenvalue weighted by molar-refractivity contribution is 7.98. The van der Waals surface area contributed by atoms with Crippen LogP contribution in [0.4, 0.5) is 0 Å². The topological polar surface area (TPSA) is 74.3 Å². The van der Waals surface area contributed by atoms with Crippen LogP contribution in [0.3, 0.4) is 0 Å². The van der Waals surface area contributed by atoms with Gasteiger partial charge in [0.25, 0.3) is 0 Å². The monoisotopic (exact) mass is 391 g/mol. The zero-order valence-electron chi connectivity index (χ0n) is 16.3. The number of aryl methyl sites for hydroxylation is 3. The molecule has 142 valence electrons. The SMILES string of the molecule is CSc1nc(C2C[C@@H]2c2nc3ccccc3n2C)cc(-n2nc(C)nc2C)n1. The van der Waals surface area contributed by atoms with E-state index in [1.54, 1.807) is 16.4 Å². The van der Waals surface area contributed by atoms with Crippen molar-refractivity contribution in [3.05, 3.63) is 53.5 Å². The van der Waals surface area contributed by atoms with Crippen LogP contribution in [0.1, 0.15) is 41.4 Å². The van der Waals surface area contributed by atoms with Gasteiger partial charge in [0.1, 0.15) is 17.5 Å². The Labute approximate surface area is 167 Å². The van der Waals surface area contributed by atoms with Crippen molar-refractivity contribution in [3.8, 4) is 5.82 Å². The fraction of sp³-hybridized carbons (Fsp3) is 0.350. The van der Waals surface area contributed by atoms with Gasteiger partial charge in [0.2, 0.25) is 0 Å². The molecule has 1 aliphatic rings. The fourth-order valence-electron chi connectivity index (χ4n) is 3.86. The Balaban J connectivity index is 1.52. The van der Waals surface area contributed by atoms with Crippen LogP contribution in [0.5, 0.6) is 0 Å². The lowest BCUT2D eigenvalue weighted by Gasteiger charge is -2.08. The second kappa shape index (κ2) is 6.41. The minimum atomic E-state index is 0.355. The molecule has 0 amide bonds. The van der Waals surface area contributed by atoms with E-state index in [-0.39, 0.29) is 0 Å². The summed E-state index contributed by atoms with van der Waals surface area (Å²) < 4.78 is 4.01. The predicted molar refractivity (Wildman–Crippen MR) is 109 cm³/mol. The van der Waals surface area contributed by atoms with Crippen molar-refractivity contribution in [2.75, 3.05) is 6.26 Å². The first-order valence-electron chi connectivity index (χ1n) is 9.30. The van der Waals surface area contributed by atoms with Crippen LogP contribution in [0.25, 0.3) is 16.9 Å². The second-order valence-corrected chi connectivity index (χ2v) is 8.00. The molecule has 1 aliphatic carbocycles. The molecule has 1 saturated carbocycles. The van der Waals surface area contributed by atoms with Gasteiger partial charge in [0, 0.05) is 24.9 Å². The van der Waals surface area contributed by atoms with Crippen molar-refractivity contribution in [2.45, 2.75) is 37.3 Å². The smallest absolute Gasteiger partial charge is 0.189 e. The van der Waals surface area contributed by atoms with Gasteiger partial charge in [0.15, 0.2) is 11.0 Å². The van der Waals surface area contributed by atoms with Gasteiger partial charge >= 0.3 is 0 Å². The Hall–Kier alpha value is -2.74. The number of aromatic nitrogens is 7. The van der Waals surface area contributed by atoms with Gasteiger partial charge < -0.3 is 4.57 Å². The summed E-state index contributed by atoms with van der Waals surface area (Å²) in [4.78, 5) is 18.7. The Morgan fingerprint density at radius 3 is 2.57 bits per heavy atom. The lowest BCUT2D eigenvalue weighted by atomic mass is 10.2. The lowest BCUT2D eigenvalue weighted by molar-refractivity contribution is 0.750. The minimum absolute atomic E-state index is 0.355. The largest absolute Gasteiger partial charge is 0.331 e. The number of rotatable bonds is 4. The molecule has 0 aliphatic heterocycles. The molecule has 1 fully saturated rings. The van der Waals surface area contributed by atoms with Gasteiger partial charge in [-0.05, 0) is 38.7 Å². The highest BCUT2D eigenvalue weighted by Gasteiger charge is 2.44. The molecule has 8 heteroatoms. The highest BCUT2D eigenvalue weighted by Crippen LogP contribution is 2.54. The fourth-order valence-corrected chi connectivity index (χ4v) is 4.24. The van der Waals surface area contributed by atoms with Crippen molar-refractivity contribution in [1.29, 1.82) is 0 Å². The summed E-state index contributed by atoms with van der Waals surface area (Å²) in [6.07, 6.45) is 3.05. The molecule has 0 bridgehead atoms. The van der Waals surface area contributed by atoms with Crippen LogP contribution in [0.2, 0.25) is 0 Å². The van der Waals surface area contributed by atoms with Crippen LogP contribution < -0.4 is 0 Å². The maximum Gasteiger partial charge on any atom is 0.189 e. The van der Waals surface area contributed by atoms with Crippen LogP contribution >= 0.6 is 11.8 Å². The first-order valence-corrected chi connectivity index (χ1v) is 10.5. The molecule has 7 nitrogen and oxygen atoms in total. The molecule has 28 heavy (non-hydrogen) atoms. The summed E-state index contributed by atoms with van der Waals surface area (Å²) in [5.41, 5.74) is 3.27. The number of hydrogen-bond acceptors (Lipinski definition) is 6. The molecule has 5 rings (SSSR count). The molecule has 3 aromatic heterocycles. The average Bonchev–Trinajstić information content (AvgIpc) is 3.33. The lowest BCUT2D eigenvalue weighted by Crippen LogP contribution is -2.06. The number of fused-ring (bicyclic) bond motifs is 1. The molecular formula is C20H21N7S. The predicted octanol–water partition coefficient (Wildman–Crippen LogP) is 3.55. The zero-order valence-corrected chi connectivity index (χ0v) is 17.1.